The van der Waals surface area contributed by atoms with Crippen molar-refractivity contribution in [1.29, 1.82) is 0 Å². The maximum Gasteiger partial charge on any atom is 0.408 e. The molecule has 4 aromatic carbocycles. The molecule has 103 heavy (non-hydrogen) atoms. The first-order chi connectivity index (χ1) is 48.8. The van der Waals surface area contributed by atoms with Crippen molar-refractivity contribution in [3.8, 4) is 34.6 Å². The van der Waals surface area contributed by atoms with Crippen LogP contribution in [0, 0.1) is 22.7 Å². The zero-order chi connectivity index (χ0) is 73.8. The molecule has 11 atom stereocenters. The van der Waals surface area contributed by atoms with Gasteiger partial charge in [-0.3, -0.25) is 19.3 Å². The summed E-state index contributed by atoms with van der Waals surface area (Å²) in [6.07, 6.45) is -9.74. The Morgan fingerprint density at radius 3 is 2.06 bits per heavy atom. The average molecular weight is 1420 g/mol. The molecule has 548 valence electrons. The maximum absolute atomic E-state index is 15.6. The Labute approximate surface area is 596 Å². The summed E-state index contributed by atoms with van der Waals surface area (Å²) in [5, 5.41) is 81.7. The number of phenols is 2. The number of piperazine rings is 1. The second-order valence-corrected chi connectivity index (χ2v) is 29.9. The van der Waals surface area contributed by atoms with E-state index in [0.29, 0.717) is 92.9 Å². The first-order valence-corrected chi connectivity index (χ1v) is 34.9. The van der Waals surface area contributed by atoms with E-state index >= 15 is 9.59 Å². The van der Waals surface area contributed by atoms with Crippen LogP contribution in [0.2, 0.25) is 0 Å². The van der Waals surface area contributed by atoms with Crippen LogP contribution in [0.4, 0.5) is 16.7 Å². The highest BCUT2D eigenvalue weighted by Gasteiger charge is 2.78. The number of carbonyl (C=O) groups is 6. The smallest absolute Gasteiger partial charge is 0.408 e. The molecule has 6 aliphatic rings. The monoisotopic (exact) mass is 1420 g/mol. The second kappa shape index (κ2) is 28.6. The highest BCUT2D eigenvalue weighted by molar-refractivity contribution is 5.94. The molecule has 3 aliphatic heterocycles. The molecule has 3 aliphatic carbocycles. The van der Waals surface area contributed by atoms with Crippen molar-refractivity contribution in [3.63, 3.8) is 0 Å². The predicted molar refractivity (Wildman–Crippen MR) is 370 cm³/mol. The molecule has 2 aromatic heterocycles. The number of Topliss-reactive ketones (excluding diaryl/α,β-unsaturated/α-hetero) is 1. The lowest BCUT2D eigenvalue weighted by atomic mass is 9.44. The number of aliphatic hydroxyl groups is 3. The van der Waals surface area contributed by atoms with Crippen LogP contribution in [-0.4, -0.2) is 200 Å². The van der Waals surface area contributed by atoms with E-state index in [1.807, 2.05) is 43.0 Å². The van der Waals surface area contributed by atoms with Crippen LogP contribution in [0.15, 0.2) is 115 Å². The summed E-state index contributed by atoms with van der Waals surface area (Å²) in [6, 6.07) is 24.8. The molecule has 28 nitrogen and oxygen atoms in total. The van der Waals surface area contributed by atoms with Gasteiger partial charge in [0.15, 0.2) is 17.2 Å². The van der Waals surface area contributed by atoms with Crippen LogP contribution in [0.25, 0.3) is 17.1 Å². The maximum atomic E-state index is 15.6. The van der Waals surface area contributed by atoms with Crippen LogP contribution in [0.3, 0.4) is 0 Å². The van der Waals surface area contributed by atoms with E-state index in [-0.39, 0.29) is 71.3 Å². The van der Waals surface area contributed by atoms with Crippen molar-refractivity contribution in [2.24, 2.45) is 22.7 Å². The lowest BCUT2D eigenvalue weighted by Gasteiger charge is -2.67. The standard InChI is InChI=1S/C75H90N10O18/c1-41(2)49-34-50(52(88)35-51(49)87)64-80-81-69(95)85(64)48-23-21-45(22-24-48)38-82-29-31-84(32-30-82)68-77-40-76-67(79-68)83-27-25-44(26-28-83)33-56(90)100-60(58(46-17-13-11-14-18-46)78-70(96)103-71(5,6)7)66(94)99-53-37-75(97)63(101-65(93)47-19-15-12-16-20-47)61-73(10,62(92)59(91)57(42(53)3)72(75,8)9)54(89)36-55-74(61,39-98-55)102-43(4)86/h11-24,34-35,40-41,44,53-55,58-61,63,87-89,91,97H,25-33,36-39H2,1-10H3,(H,78,96)(H,81,95)/t53-,54-,55+,58-,59+,60+,61-,63-,73+,74-,75?/m0/s1. The number of rotatable bonds is 18. The Balaban J connectivity index is 0.750. The van der Waals surface area contributed by atoms with Crippen molar-refractivity contribution < 1.29 is 87.8 Å². The Bertz CT molecular complexity index is 4210. The number of hydrogen-bond acceptors (Lipinski definition) is 26. The zero-order valence-corrected chi connectivity index (χ0v) is 59.4. The molecule has 12 rings (SSSR count). The van der Waals surface area contributed by atoms with E-state index in [1.54, 1.807) is 89.2 Å². The van der Waals surface area contributed by atoms with Gasteiger partial charge in [-0.2, -0.15) is 4.98 Å². The van der Waals surface area contributed by atoms with Crippen molar-refractivity contribution in [2.45, 2.75) is 173 Å². The Hall–Kier alpha value is -9.61. The van der Waals surface area contributed by atoms with E-state index in [4.69, 9.17) is 33.4 Å². The summed E-state index contributed by atoms with van der Waals surface area (Å²) in [6.45, 7) is 19.8. The third-order valence-electron chi connectivity index (χ3n) is 21.6. The van der Waals surface area contributed by atoms with Gasteiger partial charge in [-0.05, 0) is 117 Å². The number of hydrogen-bond donors (Lipinski definition) is 7. The molecule has 6 aromatic rings. The summed E-state index contributed by atoms with van der Waals surface area (Å²) in [7, 11) is 0. The van der Waals surface area contributed by atoms with Gasteiger partial charge >= 0.3 is 36.0 Å². The fourth-order valence-corrected chi connectivity index (χ4v) is 16.0. The quantitative estimate of drug-likeness (QED) is 0.0256. The number of alkyl carbamates (subject to hydrolysis) is 1. The number of phenolic OH excluding ortho intramolecular Hbond substituents is 2. The number of nitrogens with one attached hydrogen (secondary N) is 1. The number of anilines is 2. The number of nitrogens with zero attached hydrogens (tertiary/aromatic N) is 9. The van der Waals surface area contributed by atoms with Crippen molar-refractivity contribution in [2.75, 3.05) is 55.7 Å². The number of aromatic nitrogens is 6. The summed E-state index contributed by atoms with van der Waals surface area (Å²) in [4.78, 5) is 108. The third-order valence-corrected chi connectivity index (χ3v) is 21.6. The first kappa shape index (κ1) is 73.2. The largest absolute Gasteiger partial charge is 0.508 e. The Kier molecular flexibility index (Phi) is 20.3. The van der Waals surface area contributed by atoms with Gasteiger partial charge in [0.05, 0.1) is 40.9 Å². The number of esters is 4. The normalized spacial score (nSPS) is 26.3. The van der Waals surface area contributed by atoms with Gasteiger partial charge in [-0.1, -0.05) is 93.5 Å². The van der Waals surface area contributed by atoms with E-state index in [2.05, 4.69) is 35.3 Å². The molecule has 2 saturated carbocycles. The van der Waals surface area contributed by atoms with Crippen LogP contribution in [-0.2, 0) is 54.1 Å². The number of aliphatic hydroxyl groups excluding tert-OH is 2. The van der Waals surface area contributed by atoms with Crippen molar-refractivity contribution in [1.82, 2.24) is 39.9 Å². The van der Waals surface area contributed by atoms with Gasteiger partial charge in [-0.15, -0.1) is 5.10 Å². The Morgan fingerprint density at radius 2 is 1.45 bits per heavy atom. The number of fused-ring (bicyclic) bond motifs is 5. The first-order valence-electron chi connectivity index (χ1n) is 34.9. The molecular weight excluding hydrogens is 1330 g/mol. The third kappa shape index (κ3) is 14.1. The molecule has 28 heteroatoms. The topological polar surface area (TPSA) is 370 Å². The van der Waals surface area contributed by atoms with Crippen LogP contribution in [0.5, 0.6) is 17.5 Å². The van der Waals surface area contributed by atoms with Crippen molar-refractivity contribution in [3.05, 3.63) is 137 Å². The van der Waals surface area contributed by atoms with Gasteiger partial charge in [0.25, 0.3) is 0 Å². The minimum absolute atomic E-state index is 0.0423. The molecule has 7 N–H and O–H groups in total. The molecule has 0 radical (unpaired) electrons. The average Bonchev–Trinajstić information content (AvgIpc) is 0.837. The molecule has 0 spiro atoms. The molecule has 5 fully saturated rings. The summed E-state index contributed by atoms with van der Waals surface area (Å²) in [5.74, 6) is -5.72. The molecule has 1 amide bonds. The fraction of sp³-hybridized carbons (Fsp3) is 0.507. The summed E-state index contributed by atoms with van der Waals surface area (Å²) < 4.78 is 38.5. The number of piperidine rings is 1. The number of ketones is 1. The van der Waals surface area contributed by atoms with E-state index < -0.39 is 118 Å². The molecule has 1 unspecified atom stereocenters. The Morgan fingerprint density at radius 1 is 0.806 bits per heavy atom. The van der Waals surface area contributed by atoms with E-state index in [9.17, 15) is 49.8 Å². The number of carbonyl (C=O) groups excluding carboxylic acids is 6. The molecule has 3 saturated heterocycles. The fourth-order valence-electron chi connectivity index (χ4n) is 16.0. The number of benzene rings is 4. The highest BCUT2D eigenvalue weighted by atomic mass is 16.6. The lowest BCUT2D eigenvalue weighted by molar-refractivity contribution is -0.346. The zero-order valence-electron chi connectivity index (χ0n) is 59.4. The molecular formula is C75H90N10O18. The second-order valence-electron chi connectivity index (χ2n) is 29.9. The number of ether oxygens (including phenoxy) is 6. The van der Waals surface area contributed by atoms with Gasteiger partial charge in [-0.25, -0.2) is 28.9 Å². The van der Waals surface area contributed by atoms with Gasteiger partial charge in [0, 0.05) is 83.5 Å². The minimum atomic E-state index is -2.47. The lowest BCUT2D eigenvalue weighted by Crippen LogP contribution is -2.81. The van der Waals surface area contributed by atoms with Crippen LogP contribution >= 0.6 is 0 Å². The van der Waals surface area contributed by atoms with Gasteiger partial charge < -0.3 is 74.2 Å². The molecule has 5 heterocycles. The van der Waals surface area contributed by atoms with Crippen LogP contribution in [0.1, 0.15) is 140 Å². The summed E-state index contributed by atoms with van der Waals surface area (Å²) >= 11 is 0. The number of amides is 1. The van der Waals surface area contributed by atoms with Crippen molar-refractivity contribution >= 4 is 47.7 Å². The summed E-state index contributed by atoms with van der Waals surface area (Å²) in [5.41, 5.74) is -6.27. The van der Waals surface area contributed by atoms with Gasteiger partial charge in [0.1, 0.15) is 59.5 Å². The minimum Gasteiger partial charge on any atom is -0.508 e. The van der Waals surface area contributed by atoms with Gasteiger partial charge in [0.2, 0.25) is 18.0 Å². The van der Waals surface area contributed by atoms with E-state index in [0.717, 1.165) is 12.5 Å². The predicted octanol–water partition coefficient (Wildman–Crippen LogP) is 7.11. The van der Waals surface area contributed by atoms with Crippen LogP contribution < -0.4 is 15.1 Å². The van der Waals surface area contributed by atoms with E-state index in [1.165, 1.54) is 42.9 Å². The SMILES string of the molecule is CC(=O)O[C@@]12CO[C@@H]1C[C@H](O)[C@@]1(C)C(=O)[C@H](O)C3=C(C)[C@@H](OC(=O)[C@H](OC(=O)CC4CCN(c5ncnc(N6CCN(Cc7ccc(-n8c(O)nnc8-c8cc(C(C)C)c(O)cc8O)cc7)CC6)n5)CC4)[C@@H](NC(=O)OC(C)(C)C)c4ccccc4)CC(O)([C@@H](OC(=O)c4ccccc4)[C@H]21)C3(C)C. The molecule has 2 bridgehead atoms. The number of aromatic hydroxyl groups is 3. The highest BCUT2D eigenvalue weighted by Crippen LogP contribution is 2.64.